The normalized spacial score (nSPS) is 20.5. The van der Waals surface area contributed by atoms with Crippen molar-refractivity contribution in [1.29, 1.82) is 0 Å². The zero-order chi connectivity index (χ0) is 13.7. The summed E-state index contributed by atoms with van der Waals surface area (Å²) in [5, 5.41) is 9.22. The van der Waals surface area contributed by atoms with E-state index in [1.165, 1.54) is 5.56 Å². The summed E-state index contributed by atoms with van der Waals surface area (Å²) in [6.45, 7) is 5.30. The van der Waals surface area contributed by atoms with E-state index in [1.807, 2.05) is 18.2 Å². The third-order valence-electron chi connectivity index (χ3n) is 3.68. The highest BCUT2D eigenvalue weighted by atomic mass is 16.4. The van der Waals surface area contributed by atoms with Gasteiger partial charge in [0.2, 0.25) is 0 Å². The molecule has 1 aromatic carbocycles. The van der Waals surface area contributed by atoms with Crippen molar-refractivity contribution >= 4 is 6.09 Å². The number of hydrogen-bond donors (Lipinski definition) is 1. The van der Waals surface area contributed by atoms with E-state index in [4.69, 9.17) is 0 Å². The van der Waals surface area contributed by atoms with Crippen molar-refractivity contribution in [2.24, 2.45) is 0 Å². The van der Waals surface area contributed by atoms with Gasteiger partial charge in [0, 0.05) is 32.2 Å². The number of carboxylic acid groups (broad SMARTS) is 1. The Morgan fingerprint density at radius 2 is 2.05 bits per heavy atom. The van der Waals surface area contributed by atoms with Gasteiger partial charge >= 0.3 is 6.09 Å². The van der Waals surface area contributed by atoms with Crippen molar-refractivity contribution in [3.05, 3.63) is 35.9 Å². The summed E-state index contributed by atoms with van der Waals surface area (Å²) in [4.78, 5) is 15.2. The van der Waals surface area contributed by atoms with E-state index < -0.39 is 6.09 Å². The third-order valence-corrected chi connectivity index (χ3v) is 3.68. The summed E-state index contributed by atoms with van der Waals surface area (Å²) in [6, 6.07) is 10.5. The molecule has 0 unspecified atom stereocenters. The Labute approximate surface area is 114 Å². The smallest absolute Gasteiger partial charge is 0.407 e. The average molecular weight is 262 g/mol. The van der Waals surface area contributed by atoms with Gasteiger partial charge in [-0.25, -0.2) is 4.79 Å². The van der Waals surface area contributed by atoms with Crippen LogP contribution >= 0.6 is 0 Å². The zero-order valence-electron chi connectivity index (χ0n) is 11.5. The van der Waals surface area contributed by atoms with Gasteiger partial charge in [0.15, 0.2) is 0 Å². The van der Waals surface area contributed by atoms with Crippen LogP contribution in [-0.4, -0.2) is 46.7 Å². The number of nitrogens with zero attached hydrogens (tertiary/aromatic N) is 2. The number of hydrogen-bond acceptors (Lipinski definition) is 2. The molecule has 1 heterocycles. The topological polar surface area (TPSA) is 43.8 Å². The number of carbonyl (C=O) groups is 1. The molecule has 1 aliphatic heterocycles. The third kappa shape index (κ3) is 3.70. The summed E-state index contributed by atoms with van der Waals surface area (Å²) in [7, 11) is 0. The van der Waals surface area contributed by atoms with Gasteiger partial charge in [-0.2, -0.15) is 0 Å². The van der Waals surface area contributed by atoms with E-state index in [2.05, 4.69) is 24.0 Å². The number of rotatable bonds is 4. The van der Waals surface area contributed by atoms with Crippen LogP contribution in [-0.2, 0) is 6.54 Å². The van der Waals surface area contributed by atoms with Crippen LogP contribution in [0.15, 0.2) is 30.3 Å². The predicted molar refractivity (Wildman–Crippen MR) is 75.1 cm³/mol. The highest BCUT2D eigenvalue weighted by Crippen LogP contribution is 2.16. The number of benzene rings is 1. The maximum absolute atomic E-state index is 11.2. The van der Waals surface area contributed by atoms with Crippen molar-refractivity contribution in [3.8, 4) is 0 Å². The largest absolute Gasteiger partial charge is 0.465 e. The summed E-state index contributed by atoms with van der Waals surface area (Å²) in [5.41, 5.74) is 1.29. The van der Waals surface area contributed by atoms with Crippen molar-refractivity contribution in [2.45, 2.75) is 32.4 Å². The first kappa shape index (κ1) is 13.9. The van der Waals surface area contributed by atoms with Crippen LogP contribution in [0.4, 0.5) is 4.79 Å². The first-order valence-electron chi connectivity index (χ1n) is 6.96. The zero-order valence-corrected chi connectivity index (χ0v) is 11.5. The predicted octanol–water partition coefficient (Wildman–Crippen LogP) is 2.65. The van der Waals surface area contributed by atoms with Gasteiger partial charge in [0.05, 0.1) is 0 Å². The highest BCUT2D eigenvalue weighted by Gasteiger charge is 2.29. The fourth-order valence-corrected chi connectivity index (χ4v) is 2.74. The Bertz CT molecular complexity index is 408. The molecule has 0 spiro atoms. The van der Waals surface area contributed by atoms with E-state index in [1.54, 1.807) is 4.90 Å². The minimum atomic E-state index is -0.780. The monoisotopic (exact) mass is 262 g/mol. The molecule has 1 atom stereocenters. The number of amides is 1. The Balaban J connectivity index is 1.96. The maximum Gasteiger partial charge on any atom is 0.407 e. The average Bonchev–Trinajstić information content (AvgIpc) is 2.40. The Hall–Kier alpha value is -1.55. The quantitative estimate of drug-likeness (QED) is 0.907. The van der Waals surface area contributed by atoms with Crippen LogP contribution in [0.1, 0.15) is 25.3 Å². The molecule has 2 rings (SSSR count). The highest BCUT2D eigenvalue weighted by molar-refractivity contribution is 5.65. The van der Waals surface area contributed by atoms with Crippen molar-refractivity contribution in [3.63, 3.8) is 0 Å². The molecule has 0 radical (unpaired) electrons. The molecule has 1 N–H and O–H groups in total. The molecule has 104 valence electrons. The van der Waals surface area contributed by atoms with Crippen molar-refractivity contribution in [1.82, 2.24) is 9.80 Å². The van der Waals surface area contributed by atoms with Gasteiger partial charge in [-0.3, -0.25) is 4.90 Å². The molecule has 1 saturated heterocycles. The summed E-state index contributed by atoms with van der Waals surface area (Å²) in [5.74, 6) is 0. The lowest BCUT2D eigenvalue weighted by atomic mass is 10.1. The minimum absolute atomic E-state index is 0.139. The summed E-state index contributed by atoms with van der Waals surface area (Å²) < 4.78 is 0. The minimum Gasteiger partial charge on any atom is -0.465 e. The van der Waals surface area contributed by atoms with Crippen molar-refractivity contribution in [2.75, 3.05) is 19.6 Å². The van der Waals surface area contributed by atoms with E-state index in [0.717, 1.165) is 32.5 Å². The fourth-order valence-electron chi connectivity index (χ4n) is 2.74. The Morgan fingerprint density at radius 1 is 1.32 bits per heavy atom. The SMILES string of the molecule is CCC[C@H]1CN(Cc2ccccc2)CCN1C(=O)O. The molecule has 4 nitrogen and oxygen atoms in total. The molecule has 1 aromatic rings. The van der Waals surface area contributed by atoms with E-state index >= 15 is 0 Å². The van der Waals surface area contributed by atoms with Crippen LogP contribution in [0.3, 0.4) is 0 Å². The van der Waals surface area contributed by atoms with Crippen LogP contribution < -0.4 is 0 Å². The van der Waals surface area contributed by atoms with Gasteiger partial charge in [0.1, 0.15) is 0 Å². The fraction of sp³-hybridized carbons (Fsp3) is 0.533. The summed E-state index contributed by atoms with van der Waals surface area (Å²) >= 11 is 0. The lowest BCUT2D eigenvalue weighted by Gasteiger charge is -2.40. The second kappa shape index (κ2) is 6.57. The van der Waals surface area contributed by atoms with Crippen LogP contribution in [0, 0.1) is 0 Å². The van der Waals surface area contributed by atoms with Gasteiger partial charge in [-0.05, 0) is 12.0 Å². The lowest BCUT2D eigenvalue weighted by molar-refractivity contribution is 0.0609. The van der Waals surface area contributed by atoms with Gasteiger partial charge in [0.25, 0.3) is 0 Å². The molecule has 19 heavy (non-hydrogen) atoms. The molecule has 1 amide bonds. The lowest BCUT2D eigenvalue weighted by Crippen LogP contribution is -2.54. The first-order chi connectivity index (χ1) is 9.20. The van der Waals surface area contributed by atoms with Crippen LogP contribution in [0.25, 0.3) is 0 Å². The molecule has 0 aromatic heterocycles. The Morgan fingerprint density at radius 3 is 2.68 bits per heavy atom. The first-order valence-corrected chi connectivity index (χ1v) is 6.96. The standard InChI is InChI=1S/C15H22N2O2/c1-2-6-14-12-16(9-10-17(14)15(18)19)11-13-7-4-3-5-8-13/h3-5,7-8,14H,2,6,9-12H2,1H3,(H,18,19)/t14-/m0/s1. The molecule has 0 saturated carbocycles. The van der Waals surface area contributed by atoms with Crippen LogP contribution in [0.2, 0.25) is 0 Å². The van der Waals surface area contributed by atoms with Gasteiger partial charge in [-0.1, -0.05) is 43.7 Å². The number of piperazine rings is 1. The van der Waals surface area contributed by atoms with Gasteiger partial charge < -0.3 is 10.0 Å². The molecule has 1 fully saturated rings. The molecule has 0 bridgehead atoms. The molecule has 0 aliphatic carbocycles. The van der Waals surface area contributed by atoms with Crippen molar-refractivity contribution < 1.29 is 9.90 Å². The Kier molecular flexibility index (Phi) is 4.80. The second-order valence-corrected chi connectivity index (χ2v) is 5.14. The maximum atomic E-state index is 11.2. The molecule has 4 heteroatoms. The second-order valence-electron chi connectivity index (χ2n) is 5.14. The summed E-state index contributed by atoms with van der Waals surface area (Å²) in [6.07, 6.45) is 1.18. The molecular weight excluding hydrogens is 240 g/mol. The van der Waals surface area contributed by atoms with E-state index in [9.17, 15) is 9.90 Å². The molecule has 1 aliphatic rings. The van der Waals surface area contributed by atoms with Gasteiger partial charge in [-0.15, -0.1) is 0 Å². The van der Waals surface area contributed by atoms with E-state index in [-0.39, 0.29) is 6.04 Å². The van der Waals surface area contributed by atoms with E-state index in [0.29, 0.717) is 6.54 Å². The molecular formula is C15H22N2O2. The van der Waals surface area contributed by atoms with Crippen LogP contribution in [0.5, 0.6) is 0 Å².